The summed E-state index contributed by atoms with van der Waals surface area (Å²) in [6, 6.07) is 0. The maximum atomic E-state index is 10.0. The van der Waals surface area contributed by atoms with Crippen LogP contribution in [0.3, 0.4) is 0 Å². The molecule has 0 unspecified atom stereocenters. The number of hydrogen-bond acceptors (Lipinski definition) is 2. The fraction of sp³-hybridized carbons (Fsp3) is 0.400. The molecule has 0 fully saturated rings. The third kappa shape index (κ3) is 3.16. The second kappa shape index (κ2) is 3.53. The average Bonchev–Trinajstić information content (AvgIpc) is 1.68. The Bertz CT molecular complexity index is 76.1. The van der Waals surface area contributed by atoms with Gasteiger partial charge in [0.1, 0.15) is 0 Å². The number of Topliss-reactive ketones (excluding diaryl/α,β-unsaturated/α-hetero) is 1. The molecule has 0 N–H and O–H groups in total. The van der Waals surface area contributed by atoms with Gasteiger partial charge in [0.05, 0.1) is 0 Å². The number of carbonyl (C=O) groups excluding carboxylic acids is 2. The van der Waals surface area contributed by atoms with Crippen LogP contribution in [-0.2, 0) is 9.59 Å². The first-order valence-electron chi connectivity index (χ1n) is 2.08. The second-order valence-corrected chi connectivity index (χ2v) is 1.19. The molecule has 0 heterocycles. The van der Waals surface area contributed by atoms with E-state index < -0.39 is 0 Å². The van der Waals surface area contributed by atoms with Crippen molar-refractivity contribution in [3.8, 4) is 0 Å². The van der Waals surface area contributed by atoms with Crippen LogP contribution < -0.4 is 0 Å². The van der Waals surface area contributed by atoms with Gasteiger partial charge in [-0.05, 0) is 6.42 Å². The van der Waals surface area contributed by atoms with E-state index in [1.807, 2.05) is 0 Å². The van der Waals surface area contributed by atoms with Gasteiger partial charge < -0.3 is 0 Å². The average molecular weight is 99.1 g/mol. The molecule has 0 aliphatic heterocycles. The fourth-order valence-corrected chi connectivity index (χ4v) is 0.233. The van der Waals surface area contributed by atoms with Crippen LogP contribution in [0.1, 0.15) is 12.8 Å². The second-order valence-electron chi connectivity index (χ2n) is 1.19. The van der Waals surface area contributed by atoms with Crippen LogP contribution in [0.2, 0.25) is 0 Å². The van der Waals surface area contributed by atoms with E-state index in [0.29, 0.717) is 12.7 Å². The topological polar surface area (TPSA) is 34.1 Å². The minimum Gasteiger partial charge on any atom is -0.295 e. The number of carbonyl (C=O) groups is 2. The zero-order valence-corrected chi connectivity index (χ0v) is 4.02. The quantitative estimate of drug-likeness (QED) is 0.378. The standard InChI is InChI=1S/C5H7O2/c1-2-3-5(7)4-6/h4H,1-3H2. The van der Waals surface area contributed by atoms with Gasteiger partial charge in [0.15, 0.2) is 12.1 Å². The molecule has 7 heavy (non-hydrogen) atoms. The molecular weight excluding hydrogens is 92.1 g/mol. The molecule has 0 saturated heterocycles. The largest absolute Gasteiger partial charge is 0.295 e. The van der Waals surface area contributed by atoms with Crippen LogP contribution >= 0.6 is 0 Å². The fourth-order valence-electron chi connectivity index (χ4n) is 0.233. The molecule has 2 nitrogen and oxygen atoms in total. The summed E-state index contributed by atoms with van der Waals surface area (Å²) in [7, 11) is 0. The molecule has 1 radical (unpaired) electrons. The predicted molar refractivity (Wildman–Crippen MR) is 25.7 cm³/mol. The molecule has 0 aliphatic carbocycles. The van der Waals surface area contributed by atoms with Gasteiger partial charge in [0.2, 0.25) is 0 Å². The first-order chi connectivity index (χ1) is 3.31. The Kier molecular flexibility index (Phi) is 3.19. The summed E-state index contributed by atoms with van der Waals surface area (Å²) in [5.41, 5.74) is 0. The van der Waals surface area contributed by atoms with Crippen molar-refractivity contribution >= 4 is 12.1 Å². The Labute approximate surface area is 42.5 Å². The van der Waals surface area contributed by atoms with E-state index in [0.717, 1.165) is 0 Å². The lowest BCUT2D eigenvalue weighted by molar-refractivity contribution is -0.129. The Morgan fingerprint density at radius 1 is 1.71 bits per heavy atom. The van der Waals surface area contributed by atoms with Crippen molar-refractivity contribution in [2.75, 3.05) is 0 Å². The highest BCUT2D eigenvalue weighted by Crippen LogP contribution is 1.82. The number of ketones is 1. The van der Waals surface area contributed by atoms with Gasteiger partial charge in [0.25, 0.3) is 0 Å². The molecule has 0 aromatic rings. The van der Waals surface area contributed by atoms with Crippen molar-refractivity contribution in [1.29, 1.82) is 0 Å². The molecule has 0 atom stereocenters. The highest BCUT2D eigenvalue weighted by Gasteiger charge is 1.92. The van der Waals surface area contributed by atoms with Crippen LogP contribution in [0.5, 0.6) is 0 Å². The number of rotatable bonds is 3. The van der Waals surface area contributed by atoms with Crippen molar-refractivity contribution in [3.63, 3.8) is 0 Å². The molecular formula is C5H7O2. The molecule has 0 saturated carbocycles. The summed E-state index contributed by atoms with van der Waals surface area (Å²) in [5.74, 6) is -0.366. The van der Waals surface area contributed by atoms with Gasteiger partial charge in [-0.2, -0.15) is 0 Å². The van der Waals surface area contributed by atoms with Crippen molar-refractivity contribution in [2.24, 2.45) is 0 Å². The Balaban J connectivity index is 3.17. The van der Waals surface area contributed by atoms with E-state index in [-0.39, 0.29) is 12.2 Å². The number of hydrogen-bond donors (Lipinski definition) is 0. The monoisotopic (exact) mass is 99.0 g/mol. The van der Waals surface area contributed by atoms with Crippen LogP contribution in [-0.4, -0.2) is 12.1 Å². The third-order valence-corrected chi connectivity index (χ3v) is 0.555. The number of aldehydes is 1. The molecule has 0 aromatic heterocycles. The molecule has 0 amide bonds. The predicted octanol–water partition coefficient (Wildman–Crippen LogP) is 0.369. The summed E-state index contributed by atoms with van der Waals surface area (Å²) in [4.78, 5) is 19.5. The summed E-state index contributed by atoms with van der Waals surface area (Å²) in [6.07, 6.45) is 1.12. The van der Waals surface area contributed by atoms with Gasteiger partial charge in [-0.3, -0.25) is 9.59 Å². The Morgan fingerprint density at radius 3 is 2.43 bits per heavy atom. The van der Waals surface area contributed by atoms with E-state index in [9.17, 15) is 9.59 Å². The van der Waals surface area contributed by atoms with Gasteiger partial charge in [-0.25, -0.2) is 0 Å². The van der Waals surface area contributed by atoms with E-state index in [2.05, 4.69) is 6.92 Å². The summed E-state index contributed by atoms with van der Waals surface area (Å²) < 4.78 is 0. The minimum atomic E-state index is -0.366. The van der Waals surface area contributed by atoms with E-state index in [4.69, 9.17) is 0 Å². The van der Waals surface area contributed by atoms with Crippen LogP contribution in [0, 0.1) is 6.92 Å². The van der Waals surface area contributed by atoms with Crippen LogP contribution in [0.25, 0.3) is 0 Å². The molecule has 0 bridgehead atoms. The zero-order chi connectivity index (χ0) is 5.70. The normalized spacial score (nSPS) is 8.14. The van der Waals surface area contributed by atoms with E-state index in [1.165, 1.54) is 0 Å². The summed E-state index contributed by atoms with van der Waals surface area (Å²) in [6.45, 7) is 3.39. The smallest absolute Gasteiger partial charge is 0.195 e. The maximum absolute atomic E-state index is 10.0. The zero-order valence-electron chi connectivity index (χ0n) is 4.02. The molecule has 0 aromatic carbocycles. The summed E-state index contributed by atoms with van der Waals surface area (Å²) in [5, 5.41) is 0. The van der Waals surface area contributed by atoms with Gasteiger partial charge in [0, 0.05) is 6.42 Å². The van der Waals surface area contributed by atoms with Crippen molar-refractivity contribution < 1.29 is 9.59 Å². The van der Waals surface area contributed by atoms with Crippen molar-refractivity contribution in [2.45, 2.75) is 12.8 Å². The lowest BCUT2D eigenvalue weighted by Crippen LogP contribution is -1.95. The highest BCUT2D eigenvalue weighted by molar-refractivity contribution is 6.24. The molecule has 0 spiro atoms. The minimum absolute atomic E-state index is 0.281. The first kappa shape index (κ1) is 6.34. The first-order valence-corrected chi connectivity index (χ1v) is 2.08. The van der Waals surface area contributed by atoms with E-state index >= 15 is 0 Å². The van der Waals surface area contributed by atoms with Crippen LogP contribution in [0.15, 0.2) is 0 Å². The lowest BCUT2D eigenvalue weighted by Gasteiger charge is -1.79. The van der Waals surface area contributed by atoms with Gasteiger partial charge in [-0.1, -0.05) is 6.92 Å². The maximum Gasteiger partial charge on any atom is 0.195 e. The summed E-state index contributed by atoms with van der Waals surface area (Å²) >= 11 is 0. The lowest BCUT2D eigenvalue weighted by atomic mass is 10.2. The Morgan fingerprint density at radius 2 is 2.29 bits per heavy atom. The van der Waals surface area contributed by atoms with E-state index in [1.54, 1.807) is 0 Å². The third-order valence-electron chi connectivity index (χ3n) is 0.555. The van der Waals surface area contributed by atoms with Crippen molar-refractivity contribution in [1.82, 2.24) is 0 Å². The SMILES string of the molecule is [CH2]CCC(=O)C=O. The Hall–Kier alpha value is -0.660. The van der Waals surface area contributed by atoms with Crippen molar-refractivity contribution in [3.05, 3.63) is 6.92 Å². The molecule has 2 heteroatoms. The van der Waals surface area contributed by atoms with Gasteiger partial charge in [-0.15, -0.1) is 0 Å². The molecule has 0 aliphatic rings. The van der Waals surface area contributed by atoms with Gasteiger partial charge >= 0.3 is 0 Å². The highest BCUT2D eigenvalue weighted by atomic mass is 16.2. The molecule has 0 rings (SSSR count). The van der Waals surface area contributed by atoms with Crippen LogP contribution in [0.4, 0.5) is 0 Å². The molecule has 39 valence electrons.